The largest absolute Gasteiger partial charge is 0.463 e. The van der Waals surface area contributed by atoms with Crippen molar-refractivity contribution in [1.29, 1.82) is 0 Å². The molecule has 2 aromatic rings. The van der Waals surface area contributed by atoms with Crippen LogP contribution >= 0.6 is 11.3 Å². The number of amides is 2. The van der Waals surface area contributed by atoms with Crippen LogP contribution in [0.4, 0.5) is 5.00 Å². The summed E-state index contributed by atoms with van der Waals surface area (Å²) in [6.45, 7) is 2.18. The van der Waals surface area contributed by atoms with Crippen molar-refractivity contribution in [1.82, 2.24) is 0 Å². The maximum atomic E-state index is 11.8. The third-order valence-electron chi connectivity index (χ3n) is 2.83. The Bertz CT molecular complexity index is 592. The Kier molecular flexibility index (Phi) is 4.54. The lowest BCUT2D eigenvalue weighted by molar-refractivity contribution is -0.684. The molecule has 0 saturated carbocycles. The van der Waals surface area contributed by atoms with Crippen molar-refractivity contribution in [2.24, 2.45) is 5.73 Å². The topological polar surface area (TPSA) is 102 Å². The molecule has 6 nitrogen and oxygen atoms in total. The molecule has 0 fully saturated rings. The molecule has 2 rings (SSSR count). The van der Waals surface area contributed by atoms with Crippen LogP contribution in [0.1, 0.15) is 29.1 Å². The number of primary amides is 1. The maximum absolute atomic E-state index is 11.8. The molecule has 2 aromatic heterocycles. The molecule has 0 spiro atoms. The fraction of sp³-hybridized carbons (Fsp3) is 0.231. The molecule has 0 aromatic carbocycles. The smallest absolute Gasteiger partial charge is 0.280 e. The number of hydrogen-bond acceptors (Lipinski definition) is 4. The lowest BCUT2D eigenvalue weighted by Gasteiger charge is -2.08. The van der Waals surface area contributed by atoms with E-state index in [1.54, 1.807) is 17.7 Å². The fourth-order valence-electron chi connectivity index (χ4n) is 1.73. The Balaban J connectivity index is 1.87. The van der Waals surface area contributed by atoms with Crippen molar-refractivity contribution in [3.63, 3.8) is 0 Å². The second kappa shape index (κ2) is 6.36. The normalized spacial score (nSPS) is 12.1. The molecule has 1 atom stereocenters. The zero-order chi connectivity index (χ0) is 14.5. The highest BCUT2D eigenvalue weighted by Gasteiger charge is 2.16. The van der Waals surface area contributed by atoms with Crippen LogP contribution in [0.5, 0.6) is 0 Å². The van der Waals surface area contributed by atoms with E-state index in [0.717, 1.165) is 5.76 Å². The van der Waals surface area contributed by atoms with Gasteiger partial charge in [-0.2, -0.15) is 0 Å². The number of carbonyl (C=O) groups excluding carboxylic acids is 2. The SMILES string of the molecule is C[C@H]([NH2+]CC(=O)Nc1sccc1C(N)=O)c1ccco1. The van der Waals surface area contributed by atoms with Gasteiger partial charge in [0.2, 0.25) is 0 Å². The van der Waals surface area contributed by atoms with Crippen LogP contribution in [0.3, 0.4) is 0 Å². The van der Waals surface area contributed by atoms with Crippen molar-refractivity contribution in [3.8, 4) is 0 Å². The Labute approximate surface area is 120 Å². The number of hydrogen-bond donors (Lipinski definition) is 3. The van der Waals surface area contributed by atoms with E-state index < -0.39 is 5.91 Å². The number of rotatable bonds is 6. The van der Waals surface area contributed by atoms with Gasteiger partial charge in [0.1, 0.15) is 11.0 Å². The minimum Gasteiger partial charge on any atom is -0.463 e. The van der Waals surface area contributed by atoms with Gasteiger partial charge in [-0.05, 0) is 30.5 Å². The highest BCUT2D eigenvalue weighted by molar-refractivity contribution is 7.14. The summed E-state index contributed by atoms with van der Waals surface area (Å²) >= 11 is 1.27. The number of carbonyl (C=O) groups is 2. The Hall–Kier alpha value is -2.12. The molecule has 0 aliphatic carbocycles. The van der Waals surface area contributed by atoms with Gasteiger partial charge in [0.25, 0.3) is 11.8 Å². The minimum atomic E-state index is -0.547. The molecule has 2 heterocycles. The average Bonchev–Trinajstić information content (AvgIpc) is 3.06. The molecule has 2 amide bonds. The lowest BCUT2D eigenvalue weighted by atomic mass is 10.2. The van der Waals surface area contributed by atoms with E-state index in [2.05, 4.69) is 5.32 Å². The standard InChI is InChI=1S/C13H15N3O3S/c1-8(10-3-2-5-19-10)15-7-11(17)16-13-9(12(14)18)4-6-20-13/h2-6,8,15H,7H2,1H3,(H2,14,18)(H,16,17)/p+1/t8-/m0/s1. The first-order valence-corrected chi connectivity index (χ1v) is 6.99. The predicted molar refractivity (Wildman–Crippen MR) is 75.4 cm³/mol. The number of anilines is 1. The van der Waals surface area contributed by atoms with E-state index in [1.807, 2.05) is 24.4 Å². The number of thiophene rings is 1. The van der Waals surface area contributed by atoms with Gasteiger partial charge in [0.05, 0.1) is 11.8 Å². The molecule has 0 aliphatic heterocycles. The molecular formula is C13H16N3O3S+. The van der Waals surface area contributed by atoms with E-state index >= 15 is 0 Å². The molecule has 0 radical (unpaired) electrons. The molecule has 0 saturated heterocycles. The minimum absolute atomic E-state index is 0.0506. The maximum Gasteiger partial charge on any atom is 0.280 e. The summed E-state index contributed by atoms with van der Waals surface area (Å²) in [5, 5.41) is 6.74. The third kappa shape index (κ3) is 3.46. The van der Waals surface area contributed by atoms with Crippen LogP contribution < -0.4 is 16.4 Å². The van der Waals surface area contributed by atoms with Gasteiger partial charge >= 0.3 is 0 Å². The molecule has 7 heteroatoms. The number of nitrogens with two attached hydrogens (primary N) is 2. The van der Waals surface area contributed by atoms with Gasteiger partial charge in [-0.1, -0.05) is 0 Å². The van der Waals surface area contributed by atoms with Crippen LogP contribution in [-0.4, -0.2) is 18.4 Å². The summed E-state index contributed by atoms with van der Waals surface area (Å²) in [6.07, 6.45) is 1.60. The monoisotopic (exact) mass is 294 g/mol. The second-order valence-corrected chi connectivity index (χ2v) is 5.24. The first kappa shape index (κ1) is 14.3. The Morgan fingerprint density at radius 2 is 2.30 bits per heavy atom. The van der Waals surface area contributed by atoms with Crippen molar-refractivity contribution >= 4 is 28.2 Å². The van der Waals surface area contributed by atoms with Gasteiger partial charge in [-0.25, -0.2) is 0 Å². The molecule has 0 aliphatic rings. The van der Waals surface area contributed by atoms with Crippen molar-refractivity contribution in [2.45, 2.75) is 13.0 Å². The van der Waals surface area contributed by atoms with Crippen molar-refractivity contribution < 1.29 is 19.3 Å². The quantitative estimate of drug-likeness (QED) is 0.731. The van der Waals surface area contributed by atoms with Crippen molar-refractivity contribution in [3.05, 3.63) is 41.2 Å². The molecule has 20 heavy (non-hydrogen) atoms. The van der Waals surface area contributed by atoms with Gasteiger partial charge in [0, 0.05) is 0 Å². The Morgan fingerprint density at radius 1 is 1.50 bits per heavy atom. The van der Waals surface area contributed by atoms with Crippen LogP contribution in [0.15, 0.2) is 34.3 Å². The Morgan fingerprint density at radius 3 is 2.95 bits per heavy atom. The first-order chi connectivity index (χ1) is 9.58. The van der Waals surface area contributed by atoms with Gasteiger partial charge in [-0.15, -0.1) is 11.3 Å². The van der Waals surface area contributed by atoms with Crippen molar-refractivity contribution in [2.75, 3.05) is 11.9 Å². The second-order valence-electron chi connectivity index (χ2n) is 4.32. The predicted octanol–water partition coefficient (Wildman–Crippen LogP) is 0.703. The zero-order valence-corrected chi connectivity index (χ0v) is 11.8. The van der Waals surface area contributed by atoms with Crippen LogP contribution in [0, 0.1) is 0 Å². The highest BCUT2D eigenvalue weighted by atomic mass is 32.1. The summed E-state index contributed by atoms with van der Waals surface area (Å²) in [5.74, 6) is 0.0783. The molecule has 0 bridgehead atoms. The number of nitrogens with one attached hydrogen (secondary N) is 1. The summed E-state index contributed by atoms with van der Waals surface area (Å²) < 4.78 is 5.26. The molecule has 5 N–H and O–H groups in total. The highest BCUT2D eigenvalue weighted by Crippen LogP contribution is 2.22. The average molecular weight is 294 g/mol. The third-order valence-corrected chi connectivity index (χ3v) is 3.66. The van der Waals surface area contributed by atoms with E-state index in [0.29, 0.717) is 10.6 Å². The lowest BCUT2D eigenvalue weighted by Crippen LogP contribution is -2.86. The van der Waals surface area contributed by atoms with E-state index in [4.69, 9.17) is 10.2 Å². The van der Waals surface area contributed by atoms with E-state index in [1.165, 1.54) is 11.3 Å². The van der Waals surface area contributed by atoms with E-state index in [9.17, 15) is 9.59 Å². The summed E-state index contributed by atoms with van der Waals surface area (Å²) in [5.41, 5.74) is 5.55. The van der Waals surface area contributed by atoms with Crippen LogP contribution in [0.2, 0.25) is 0 Å². The van der Waals surface area contributed by atoms with Gasteiger partial charge in [-0.3, -0.25) is 9.59 Å². The molecule has 106 valence electrons. The van der Waals surface area contributed by atoms with Gasteiger partial charge in [0.15, 0.2) is 12.3 Å². The van der Waals surface area contributed by atoms with Gasteiger partial charge < -0.3 is 20.8 Å². The number of quaternary nitrogens is 1. The zero-order valence-electron chi connectivity index (χ0n) is 11.0. The van der Waals surface area contributed by atoms with Crippen LogP contribution in [-0.2, 0) is 4.79 Å². The molecular weight excluding hydrogens is 278 g/mol. The van der Waals surface area contributed by atoms with Crippen LogP contribution in [0.25, 0.3) is 0 Å². The summed E-state index contributed by atoms with van der Waals surface area (Å²) in [7, 11) is 0. The fourth-order valence-corrected chi connectivity index (χ4v) is 2.54. The summed E-state index contributed by atoms with van der Waals surface area (Å²) in [4.78, 5) is 23.0. The molecule has 0 unspecified atom stereocenters. The number of furan rings is 1. The summed E-state index contributed by atoms with van der Waals surface area (Å²) in [6, 6.07) is 5.32. The first-order valence-electron chi connectivity index (χ1n) is 6.12. The van der Waals surface area contributed by atoms with E-state index in [-0.39, 0.29) is 18.5 Å².